The van der Waals surface area contributed by atoms with Gasteiger partial charge in [0.2, 0.25) is 6.10 Å². The van der Waals surface area contributed by atoms with Crippen molar-refractivity contribution in [2.24, 2.45) is 0 Å². The van der Waals surface area contributed by atoms with Crippen molar-refractivity contribution in [3.8, 4) is 0 Å². The van der Waals surface area contributed by atoms with E-state index < -0.39 is 41.9 Å². The number of amides is 1. The molecule has 1 N–H and O–H groups in total. The van der Waals surface area contributed by atoms with E-state index in [1.54, 1.807) is 13.8 Å². The summed E-state index contributed by atoms with van der Waals surface area (Å²) in [5.41, 5.74) is -2.29. The van der Waals surface area contributed by atoms with Gasteiger partial charge in [-0.25, -0.2) is 4.79 Å². The lowest BCUT2D eigenvalue weighted by molar-refractivity contribution is -0.188. The predicted octanol–water partition coefficient (Wildman–Crippen LogP) is -0.443. The van der Waals surface area contributed by atoms with E-state index in [1.165, 1.54) is 4.90 Å². The SMILES string of the molecule is CCN(CC)C(=O)[C@H]1OC(=O)CC1(OC(C)=O)C(=O)O. The Labute approximate surface area is 115 Å². The molecule has 0 aromatic heterocycles. The van der Waals surface area contributed by atoms with Gasteiger partial charge in [-0.1, -0.05) is 0 Å². The highest BCUT2D eigenvalue weighted by atomic mass is 16.6. The van der Waals surface area contributed by atoms with Crippen LogP contribution in [0, 0.1) is 0 Å². The van der Waals surface area contributed by atoms with E-state index in [0.717, 1.165) is 6.92 Å². The standard InChI is InChI=1S/C12H17NO7/c1-4-13(5-2)10(16)9-12(11(17)18,20-7(3)14)6-8(15)19-9/h9H,4-6H2,1-3H3,(H,17,18)/t9-,12?/m1/s1. The zero-order valence-corrected chi connectivity index (χ0v) is 11.5. The largest absolute Gasteiger partial charge is 0.478 e. The quantitative estimate of drug-likeness (QED) is 0.682. The van der Waals surface area contributed by atoms with Crippen LogP contribution in [0.15, 0.2) is 0 Å². The number of carboxylic acid groups (broad SMARTS) is 1. The Morgan fingerprint density at radius 1 is 1.40 bits per heavy atom. The number of esters is 2. The number of rotatable bonds is 5. The summed E-state index contributed by atoms with van der Waals surface area (Å²) >= 11 is 0. The summed E-state index contributed by atoms with van der Waals surface area (Å²) in [5.74, 6) is -4.06. The highest BCUT2D eigenvalue weighted by Crippen LogP contribution is 2.33. The molecule has 1 unspecified atom stereocenters. The van der Waals surface area contributed by atoms with E-state index in [4.69, 9.17) is 9.47 Å². The van der Waals surface area contributed by atoms with Crippen LogP contribution in [0.3, 0.4) is 0 Å². The molecule has 2 atom stereocenters. The van der Waals surface area contributed by atoms with E-state index in [0.29, 0.717) is 13.1 Å². The molecule has 20 heavy (non-hydrogen) atoms. The second-order valence-corrected chi connectivity index (χ2v) is 4.35. The first kappa shape index (κ1) is 15.9. The molecular weight excluding hydrogens is 270 g/mol. The molecule has 0 saturated carbocycles. The number of likely N-dealkylation sites (N-methyl/N-ethyl adjacent to an activating group) is 1. The van der Waals surface area contributed by atoms with Crippen molar-refractivity contribution in [3.05, 3.63) is 0 Å². The number of carboxylic acids is 1. The Bertz CT molecular complexity index is 443. The Kier molecular flexibility index (Phi) is 4.69. The number of carbonyl (C=O) groups excluding carboxylic acids is 3. The molecule has 0 aromatic carbocycles. The molecule has 1 amide bonds. The van der Waals surface area contributed by atoms with E-state index >= 15 is 0 Å². The van der Waals surface area contributed by atoms with Crippen molar-refractivity contribution in [2.45, 2.75) is 38.9 Å². The number of ether oxygens (including phenoxy) is 2. The van der Waals surface area contributed by atoms with Crippen LogP contribution >= 0.6 is 0 Å². The molecule has 1 fully saturated rings. The molecule has 1 aliphatic heterocycles. The van der Waals surface area contributed by atoms with Gasteiger partial charge < -0.3 is 19.5 Å². The van der Waals surface area contributed by atoms with Crippen molar-refractivity contribution in [1.82, 2.24) is 4.90 Å². The normalized spacial score (nSPS) is 24.9. The molecule has 8 nitrogen and oxygen atoms in total. The maximum absolute atomic E-state index is 12.2. The third-order valence-electron chi connectivity index (χ3n) is 3.07. The van der Waals surface area contributed by atoms with Gasteiger partial charge in [-0.3, -0.25) is 14.4 Å². The summed E-state index contributed by atoms with van der Waals surface area (Å²) in [5, 5.41) is 9.30. The zero-order chi connectivity index (χ0) is 15.5. The summed E-state index contributed by atoms with van der Waals surface area (Å²) in [6.07, 6.45) is -2.34. The van der Waals surface area contributed by atoms with Gasteiger partial charge in [0.05, 0.1) is 0 Å². The van der Waals surface area contributed by atoms with Gasteiger partial charge in [0.1, 0.15) is 6.42 Å². The lowest BCUT2D eigenvalue weighted by Gasteiger charge is -2.30. The summed E-state index contributed by atoms with van der Waals surface area (Å²) in [6.45, 7) is 5.05. The van der Waals surface area contributed by atoms with Crippen molar-refractivity contribution >= 4 is 23.8 Å². The second kappa shape index (κ2) is 5.89. The molecule has 0 spiro atoms. The third-order valence-corrected chi connectivity index (χ3v) is 3.07. The van der Waals surface area contributed by atoms with Gasteiger partial charge in [0, 0.05) is 20.0 Å². The molecule has 112 valence electrons. The predicted molar refractivity (Wildman–Crippen MR) is 64.6 cm³/mol. The summed E-state index contributed by atoms with van der Waals surface area (Å²) in [7, 11) is 0. The van der Waals surface area contributed by atoms with Crippen molar-refractivity contribution < 1.29 is 33.8 Å². The Morgan fingerprint density at radius 3 is 2.35 bits per heavy atom. The van der Waals surface area contributed by atoms with Crippen LogP contribution in [0.5, 0.6) is 0 Å². The van der Waals surface area contributed by atoms with Gasteiger partial charge in [-0.15, -0.1) is 0 Å². The van der Waals surface area contributed by atoms with Gasteiger partial charge in [-0.2, -0.15) is 0 Å². The van der Waals surface area contributed by atoms with E-state index in [9.17, 15) is 24.3 Å². The van der Waals surface area contributed by atoms with Crippen LogP contribution in [-0.2, 0) is 28.7 Å². The third kappa shape index (κ3) is 2.73. The molecule has 1 saturated heterocycles. The molecule has 8 heteroatoms. The second-order valence-electron chi connectivity index (χ2n) is 4.35. The maximum Gasteiger partial charge on any atom is 0.353 e. The van der Waals surface area contributed by atoms with E-state index in [2.05, 4.69) is 0 Å². The molecule has 0 aromatic rings. The van der Waals surface area contributed by atoms with Crippen LogP contribution < -0.4 is 0 Å². The fourth-order valence-electron chi connectivity index (χ4n) is 2.10. The number of hydrogen-bond donors (Lipinski definition) is 1. The van der Waals surface area contributed by atoms with Gasteiger partial charge in [0.15, 0.2) is 0 Å². The number of aliphatic carboxylic acids is 1. The molecule has 1 heterocycles. The highest BCUT2D eigenvalue weighted by Gasteiger charge is 2.62. The average Bonchev–Trinajstić information content (AvgIpc) is 2.67. The van der Waals surface area contributed by atoms with Crippen LogP contribution in [0.1, 0.15) is 27.2 Å². The lowest BCUT2D eigenvalue weighted by Crippen LogP contribution is -2.56. The summed E-state index contributed by atoms with van der Waals surface area (Å²) < 4.78 is 9.57. The smallest absolute Gasteiger partial charge is 0.353 e. The summed E-state index contributed by atoms with van der Waals surface area (Å²) in [4.78, 5) is 47.5. The van der Waals surface area contributed by atoms with E-state index in [1.807, 2.05) is 0 Å². The van der Waals surface area contributed by atoms with Crippen molar-refractivity contribution in [3.63, 3.8) is 0 Å². The van der Waals surface area contributed by atoms with Crippen LogP contribution in [0.25, 0.3) is 0 Å². The molecular formula is C12H17NO7. The Balaban J connectivity index is 3.19. The van der Waals surface area contributed by atoms with Crippen LogP contribution in [-0.4, -0.2) is 58.6 Å². The number of hydrogen-bond acceptors (Lipinski definition) is 6. The first-order chi connectivity index (χ1) is 9.28. The Hall–Kier alpha value is -2.12. The molecule has 0 bridgehead atoms. The number of nitrogens with zero attached hydrogens (tertiary/aromatic N) is 1. The lowest BCUT2D eigenvalue weighted by atomic mass is 9.94. The van der Waals surface area contributed by atoms with Crippen LogP contribution in [0.4, 0.5) is 0 Å². The maximum atomic E-state index is 12.2. The fourth-order valence-corrected chi connectivity index (χ4v) is 2.10. The average molecular weight is 287 g/mol. The first-order valence-corrected chi connectivity index (χ1v) is 6.19. The van der Waals surface area contributed by atoms with Gasteiger partial charge >= 0.3 is 17.9 Å². The minimum absolute atomic E-state index is 0.319. The van der Waals surface area contributed by atoms with Crippen molar-refractivity contribution in [1.29, 1.82) is 0 Å². The Morgan fingerprint density at radius 2 is 1.95 bits per heavy atom. The highest BCUT2D eigenvalue weighted by molar-refractivity contribution is 5.99. The number of carbonyl (C=O) groups is 4. The molecule has 0 aliphatic carbocycles. The molecule has 0 radical (unpaired) electrons. The zero-order valence-electron chi connectivity index (χ0n) is 11.5. The topological polar surface area (TPSA) is 110 Å². The van der Waals surface area contributed by atoms with Gasteiger partial charge in [0.25, 0.3) is 11.5 Å². The molecule has 1 aliphatic rings. The minimum Gasteiger partial charge on any atom is -0.478 e. The van der Waals surface area contributed by atoms with Crippen LogP contribution in [0.2, 0.25) is 0 Å². The van der Waals surface area contributed by atoms with E-state index in [-0.39, 0.29) is 0 Å². The minimum atomic E-state index is -2.29. The monoisotopic (exact) mass is 287 g/mol. The number of cyclic esters (lactones) is 1. The van der Waals surface area contributed by atoms with Gasteiger partial charge in [-0.05, 0) is 13.8 Å². The fraction of sp³-hybridized carbons (Fsp3) is 0.667. The van der Waals surface area contributed by atoms with Crippen molar-refractivity contribution in [2.75, 3.05) is 13.1 Å². The summed E-state index contributed by atoms with van der Waals surface area (Å²) in [6, 6.07) is 0. The first-order valence-electron chi connectivity index (χ1n) is 6.19. The molecule has 1 rings (SSSR count).